The van der Waals surface area contributed by atoms with Crippen LogP contribution in [0.25, 0.3) is 0 Å². The van der Waals surface area contributed by atoms with E-state index < -0.39 is 5.91 Å². The predicted octanol–water partition coefficient (Wildman–Crippen LogP) is 1.40. The molecule has 2 amide bonds. The molecule has 2 N–H and O–H groups in total. The molecule has 7 nitrogen and oxygen atoms in total. The fourth-order valence-electron chi connectivity index (χ4n) is 2.73. The van der Waals surface area contributed by atoms with Crippen molar-refractivity contribution in [2.24, 2.45) is 0 Å². The number of aromatic nitrogens is 2. The monoisotopic (exact) mass is 393 g/mol. The zero-order valence-electron chi connectivity index (χ0n) is 14.7. The number of hydrogen-bond donors (Lipinski definition) is 2. The molecule has 144 valence electrons. The molecule has 3 rings (SSSR count). The van der Waals surface area contributed by atoms with Crippen LogP contribution in [0.3, 0.4) is 0 Å². The zero-order valence-corrected chi connectivity index (χ0v) is 15.5. The van der Waals surface area contributed by atoms with Crippen molar-refractivity contribution in [3.05, 3.63) is 59.4 Å². The highest BCUT2D eigenvalue weighted by Gasteiger charge is 2.25. The Hall–Kier alpha value is -2.58. The summed E-state index contributed by atoms with van der Waals surface area (Å²) < 4.78 is 12.9. The van der Waals surface area contributed by atoms with Gasteiger partial charge in [0.25, 0.3) is 11.8 Å². The second-order valence-corrected chi connectivity index (χ2v) is 5.96. The van der Waals surface area contributed by atoms with E-state index in [-0.39, 0.29) is 42.1 Å². The van der Waals surface area contributed by atoms with Crippen molar-refractivity contribution in [2.75, 3.05) is 26.2 Å². The molecular weight excluding hydrogens is 373 g/mol. The summed E-state index contributed by atoms with van der Waals surface area (Å²) in [4.78, 5) is 35.1. The van der Waals surface area contributed by atoms with E-state index in [4.69, 9.17) is 0 Å². The Kier molecular flexibility index (Phi) is 7.63. The number of nitrogens with one attached hydrogen (secondary N) is 2. The summed E-state index contributed by atoms with van der Waals surface area (Å²) in [7, 11) is 0. The number of carbonyl (C=O) groups excluding carboxylic acids is 2. The number of carbonyl (C=O) groups is 2. The van der Waals surface area contributed by atoms with E-state index in [1.807, 2.05) is 0 Å². The lowest BCUT2D eigenvalue weighted by atomic mass is 10.2. The normalized spacial score (nSPS) is 14.0. The molecule has 0 atom stereocenters. The summed E-state index contributed by atoms with van der Waals surface area (Å²) in [6.45, 7) is 2.94. The molecule has 0 spiro atoms. The first-order valence-electron chi connectivity index (χ1n) is 8.49. The Morgan fingerprint density at radius 1 is 1.07 bits per heavy atom. The maximum Gasteiger partial charge on any atom is 0.274 e. The second-order valence-electron chi connectivity index (χ2n) is 5.96. The second kappa shape index (κ2) is 9.94. The fraction of sp³-hybridized carbons (Fsp3) is 0.333. The first kappa shape index (κ1) is 20.7. The third-order valence-electron chi connectivity index (χ3n) is 4.11. The van der Waals surface area contributed by atoms with Crippen LogP contribution < -0.4 is 10.6 Å². The van der Waals surface area contributed by atoms with Crippen LogP contribution in [0.2, 0.25) is 0 Å². The van der Waals surface area contributed by atoms with E-state index in [9.17, 15) is 14.0 Å². The van der Waals surface area contributed by atoms with Gasteiger partial charge < -0.3 is 15.5 Å². The molecule has 27 heavy (non-hydrogen) atoms. The molecule has 0 bridgehead atoms. The van der Waals surface area contributed by atoms with Crippen molar-refractivity contribution in [3.63, 3.8) is 0 Å². The van der Waals surface area contributed by atoms with E-state index in [2.05, 4.69) is 20.6 Å². The first-order chi connectivity index (χ1) is 12.6. The van der Waals surface area contributed by atoms with Crippen LogP contribution >= 0.6 is 12.4 Å². The number of halogens is 2. The van der Waals surface area contributed by atoms with Gasteiger partial charge in [0.15, 0.2) is 11.4 Å². The van der Waals surface area contributed by atoms with Gasteiger partial charge in [-0.05, 0) is 30.7 Å². The molecule has 0 radical (unpaired) electrons. The quantitative estimate of drug-likeness (QED) is 0.820. The molecule has 1 saturated heterocycles. The van der Waals surface area contributed by atoms with Crippen LogP contribution in [0, 0.1) is 5.82 Å². The van der Waals surface area contributed by atoms with Crippen molar-refractivity contribution in [1.82, 2.24) is 25.5 Å². The highest BCUT2D eigenvalue weighted by atomic mass is 35.5. The smallest absolute Gasteiger partial charge is 0.274 e. The standard InChI is InChI=1S/C18H20FN5O2.ClH/c19-14-4-2-13(3-5-14)12-23-17(25)15-16(22-8-7-21-15)18(26)24-10-1-6-20-9-11-24;/h2-5,7-8,20H,1,6,9-12H2,(H,23,25);1H. The van der Waals surface area contributed by atoms with Crippen LogP contribution in [0.1, 0.15) is 33.0 Å². The molecule has 2 aromatic rings. The van der Waals surface area contributed by atoms with E-state index in [1.54, 1.807) is 17.0 Å². The van der Waals surface area contributed by atoms with Gasteiger partial charge in [-0.25, -0.2) is 14.4 Å². The minimum atomic E-state index is -0.487. The molecule has 1 fully saturated rings. The number of hydrogen-bond acceptors (Lipinski definition) is 5. The molecule has 0 saturated carbocycles. The average molecular weight is 394 g/mol. The lowest BCUT2D eigenvalue weighted by Crippen LogP contribution is -2.37. The van der Waals surface area contributed by atoms with Crippen molar-refractivity contribution >= 4 is 24.2 Å². The third-order valence-corrected chi connectivity index (χ3v) is 4.11. The summed E-state index contributed by atoms with van der Waals surface area (Å²) in [5.41, 5.74) is 0.790. The molecule has 1 aromatic carbocycles. The molecule has 2 heterocycles. The minimum absolute atomic E-state index is 0. The summed E-state index contributed by atoms with van der Waals surface area (Å²) in [5.74, 6) is -1.12. The number of rotatable bonds is 4. The van der Waals surface area contributed by atoms with Crippen molar-refractivity contribution in [1.29, 1.82) is 0 Å². The van der Waals surface area contributed by atoms with Gasteiger partial charge in [0.2, 0.25) is 0 Å². The van der Waals surface area contributed by atoms with E-state index in [0.717, 1.165) is 18.5 Å². The Labute approximate surface area is 162 Å². The van der Waals surface area contributed by atoms with Crippen LogP contribution in [-0.4, -0.2) is 52.9 Å². The average Bonchev–Trinajstić information content (AvgIpc) is 2.96. The molecule has 0 unspecified atom stereocenters. The van der Waals surface area contributed by atoms with Crippen molar-refractivity contribution in [2.45, 2.75) is 13.0 Å². The highest BCUT2D eigenvalue weighted by Crippen LogP contribution is 2.09. The lowest BCUT2D eigenvalue weighted by molar-refractivity contribution is 0.0752. The van der Waals surface area contributed by atoms with E-state index >= 15 is 0 Å². The molecule has 0 aliphatic carbocycles. The molecule has 9 heteroatoms. The summed E-state index contributed by atoms with van der Waals surface area (Å²) in [6.07, 6.45) is 3.63. The van der Waals surface area contributed by atoms with Gasteiger partial charge in [0, 0.05) is 38.6 Å². The summed E-state index contributed by atoms with van der Waals surface area (Å²) in [5, 5.41) is 5.93. The van der Waals surface area contributed by atoms with Gasteiger partial charge in [-0.1, -0.05) is 12.1 Å². The Morgan fingerprint density at radius 3 is 2.52 bits per heavy atom. The van der Waals surface area contributed by atoms with Gasteiger partial charge in [0.1, 0.15) is 5.82 Å². The zero-order chi connectivity index (χ0) is 18.4. The molecular formula is C18H21ClFN5O2. The Bertz CT molecular complexity index is 780. The van der Waals surface area contributed by atoms with Crippen LogP contribution in [-0.2, 0) is 6.54 Å². The van der Waals surface area contributed by atoms with Crippen molar-refractivity contribution < 1.29 is 14.0 Å². The number of benzene rings is 1. The van der Waals surface area contributed by atoms with E-state index in [1.165, 1.54) is 24.5 Å². The van der Waals surface area contributed by atoms with Crippen LogP contribution in [0.5, 0.6) is 0 Å². The summed E-state index contributed by atoms with van der Waals surface area (Å²) in [6, 6.07) is 5.82. The van der Waals surface area contributed by atoms with E-state index in [0.29, 0.717) is 19.6 Å². The van der Waals surface area contributed by atoms with Gasteiger partial charge >= 0.3 is 0 Å². The van der Waals surface area contributed by atoms with Gasteiger partial charge in [-0.15, -0.1) is 12.4 Å². The van der Waals surface area contributed by atoms with Crippen LogP contribution in [0.15, 0.2) is 36.7 Å². The molecule has 1 aromatic heterocycles. The lowest BCUT2D eigenvalue weighted by Gasteiger charge is -2.20. The largest absolute Gasteiger partial charge is 0.347 e. The number of nitrogens with zero attached hydrogens (tertiary/aromatic N) is 3. The first-order valence-corrected chi connectivity index (χ1v) is 8.49. The maximum atomic E-state index is 12.9. The number of amides is 2. The van der Waals surface area contributed by atoms with Gasteiger partial charge in [-0.2, -0.15) is 0 Å². The third kappa shape index (κ3) is 5.45. The van der Waals surface area contributed by atoms with Crippen molar-refractivity contribution in [3.8, 4) is 0 Å². The maximum absolute atomic E-state index is 12.9. The predicted molar refractivity (Wildman–Crippen MR) is 100 cm³/mol. The Balaban J connectivity index is 0.00000261. The molecule has 1 aliphatic heterocycles. The highest BCUT2D eigenvalue weighted by molar-refractivity contribution is 6.04. The fourth-order valence-corrected chi connectivity index (χ4v) is 2.73. The molecule has 1 aliphatic rings. The summed E-state index contributed by atoms with van der Waals surface area (Å²) >= 11 is 0. The van der Waals surface area contributed by atoms with Gasteiger partial charge in [0.05, 0.1) is 0 Å². The topological polar surface area (TPSA) is 87.2 Å². The minimum Gasteiger partial charge on any atom is -0.347 e. The van der Waals surface area contributed by atoms with Gasteiger partial charge in [-0.3, -0.25) is 9.59 Å². The SMILES string of the molecule is Cl.O=C(NCc1ccc(F)cc1)c1nccnc1C(=O)N1CCCNCC1. The Morgan fingerprint density at radius 2 is 1.78 bits per heavy atom. The van der Waals surface area contributed by atoms with Crippen LogP contribution in [0.4, 0.5) is 4.39 Å².